The maximum atomic E-state index is 9.69. The number of hydrogen-bond donors (Lipinski definition) is 1. The summed E-state index contributed by atoms with van der Waals surface area (Å²) >= 11 is 0. The first-order chi connectivity index (χ1) is 3.13. The van der Waals surface area contributed by atoms with Gasteiger partial charge in [0.15, 0.2) is 0 Å². The second-order valence-corrected chi connectivity index (χ2v) is 1.01. The van der Waals surface area contributed by atoms with Crippen LogP contribution in [0.3, 0.4) is 0 Å². The van der Waals surface area contributed by atoms with E-state index in [0.717, 1.165) is 0 Å². The van der Waals surface area contributed by atoms with E-state index in [1.54, 1.807) is 6.92 Å². The van der Waals surface area contributed by atoms with Crippen LogP contribution in [0.2, 0.25) is 0 Å². The lowest BCUT2D eigenvalue weighted by Crippen LogP contribution is -1.90. The van der Waals surface area contributed by atoms with Gasteiger partial charge in [-0.3, -0.25) is 4.79 Å². The molecule has 1 N–H and O–H groups in total. The molecule has 2 heteroatoms. The van der Waals surface area contributed by atoms with Crippen LogP contribution < -0.4 is 0 Å². The molecule has 1 unspecified atom stereocenters. The van der Waals surface area contributed by atoms with E-state index in [1.165, 1.54) is 0 Å². The van der Waals surface area contributed by atoms with Crippen LogP contribution in [0, 0.1) is 0 Å². The Morgan fingerprint density at radius 1 is 2.17 bits per heavy atom. The molecule has 0 heterocycles. The van der Waals surface area contributed by atoms with Crippen LogP contribution in [0.25, 0.3) is 0 Å². The normalized spacial score (nSPS) is 15.8. The van der Waals surface area contributed by atoms with E-state index in [2.05, 4.69) is 0 Å². The smallest absolute Gasteiger partial charge is 0.303 e. The molecule has 0 aliphatic heterocycles. The number of carbonyl (C=O) groups is 1. The van der Waals surface area contributed by atoms with Gasteiger partial charge in [0, 0.05) is 7.79 Å². The van der Waals surface area contributed by atoms with Crippen molar-refractivity contribution in [2.45, 2.75) is 19.7 Å². The van der Waals surface area contributed by atoms with Crippen molar-refractivity contribution in [2.24, 2.45) is 0 Å². The van der Waals surface area contributed by atoms with Crippen LogP contribution in [0.5, 0.6) is 0 Å². The van der Waals surface area contributed by atoms with Crippen LogP contribution >= 0.6 is 0 Å². The standard InChI is InChI=1S/C4H8O2/c1-2-3-4(5)6/h2-3H2,1H3,(H,5,6)/i2D. The second-order valence-electron chi connectivity index (χ2n) is 1.01. The molecule has 1 atom stereocenters. The highest BCUT2D eigenvalue weighted by atomic mass is 16.4. The number of hydrogen-bond acceptors (Lipinski definition) is 1. The summed E-state index contributed by atoms with van der Waals surface area (Å²) in [7, 11) is 0. The maximum absolute atomic E-state index is 9.69. The lowest BCUT2D eigenvalue weighted by Gasteiger charge is -1.79. The average Bonchev–Trinajstić information content (AvgIpc) is 1.27. The van der Waals surface area contributed by atoms with Gasteiger partial charge in [-0.1, -0.05) is 6.92 Å². The third kappa shape index (κ3) is 3.47. The molecule has 36 valence electrons. The summed E-state index contributed by atoms with van der Waals surface area (Å²) in [5.74, 6) is -0.900. The van der Waals surface area contributed by atoms with Gasteiger partial charge < -0.3 is 5.11 Å². The minimum absolute atomic E-state index is 0.0556. The van der Waals surface area contributed by atoms with Crippen molar-refractivity contribution in [1.29, 1.82) is 0 Å². The number of rotatable bonds is 2. The van der Waals surface area contributed by atoms with Gasteiger partial charge in [0.2, 0.25) is 0 Å². The highest BCUT2D eigenvalue weighted by Gasteiger charge is 1.87. The summed E-state index contributed by atoms with van der Waals surface area (Å²) in [6, 6.07) is 0. The van der Waals surface area contributed by atoms with Gasteiger partial charge in [-0.25, -0.2) is 0 Å². The Kier molecular flexibility index (Phi) is 1.64. The minimum Gasteiger partial charge on any atom is -0.481 e. The van der Waals surface area contributed by atoms with E-state index in [-0.39, 0.29) is 6.42 Å². The third-order valence-corrected chi connectivity index (χ3v) is 0.379. The molecular formula is C4H8O2. The van der Waals surface area contributed by atoms with E-state index in [1.807, 2.05) is 0 Å². The average molecular weight is 89.1 g/mol. The van der Waals surface area contributed by atoms with Gasteiger partial charge in [0.05, 0.1) is 0 Å². The van der Waals surface area contributed by atoms with Crippen molar-refractivity contribution in [1.82, 2.24) is 0 Å². The summed E-state index contributed by atoms with van der Waals surface area (Å²) in [5, 5.41) is 7.96. The summed E-state index contributed by atoms with van der Waals surface area (Å²) < 4.78 is 6.73. The summed E-state index contributed by atoms with van der Waals surface area (Å²) in [6.45, 7) is 1.55. The monoisotopic (exact) mass is 89.1 g/mol. The Bertz CT molecular complexity index is 70.1. The highest BCUT2D eigenvalue weighted by molar-refractivity contribution is 5.66. The lowest BCUT2D eigenvalue weighted by atomic mass is 10.4. The quantitative estimate of drug-likeness (QED) is 0.545. The summed E-state index contributed by atoms with van der Waals surface area (Å²) in [4.78, 5) is 9.69. The van der Waals surface area contributed by atoms with E-state index >= 15 is 0 Å². The molecule has 0 amide bonds. The predicted octanol–water partition coefficient (Wildman–Crippen LogP) is 0.871. The molecule has 0 saturated carbocycles. The van der Waals surface area contributed by atoms with Crippen LogP contribution in [0.15, 0.2) is 0 Å². The van der Waals surface area contributed by atoms with Gasteiger partial charge in [-0.05, 0) is 6.40 Å². The van der Waals surface area contributed by atoms with Gasteiger partial charge >= 0.3 is 5.97 Å². The molecule has 0 aliphatic carbocycles. The molecule has 2 nitrogen and oxygen atoms in total. The predicted molar refractivity (Wildman–Crippen MR) is 22.5 cm³/mol. The zero-order chi connectivity index (χ0) is 5.86. The van der Waals surface area contributed by atoms with Crippen molar-refractivity contribution in [3.8, 4) is 0 Å². The summed E-state index contributed by atoms with van der Waals surface area (Å²) in [6.07, 6.45) is -0.530. The molecule has 0 aromatic heterocycles. The lowest BCUT2D eigenvalue weighted by molar-refractivity contribution is -0.137. The van der Waals surface area contributed by atoms with Gasteiger partial charge in [0.25, 0.3) is 0 Å². The third-order valence-electron chi connectivity index (χ3n) is 0.379. The topological polar surface area (TPSA) is 37.3 Å². The van der Waals surface area contributed by atoms with Crippen molar-refractivity contribution in [3.05, 3.63) is 0 Å². The van der Waals surface area contributed by atoms with Crippen molar-refractivity contribution in [3.63, 3.8) is 0 Å². The molecule has 0 saturated heterocycles. The van der Waals surface area contributed by atoms with Crippen LogP contribution in [-0.4, -0.2) is 11.1 Å². The van der Waals surface area contributed by atoms with Gasteiger partial charge in [-0.2, -0.15) is 0 Å². The number of carboxylic acid groups (broad SMARTS) is 1. The van der Waals surface area contributed by atoms with E-state index in [9.17, 15) is 4.79 Å². The largest absolute Gasteiger partial charge is 0.481 e. The Hall–Kier alpha value is -0.530. The summed E-state index contributed by atoms with van der Waals surface area (Å²) in [5.41, 5.74) is 0. The van der Waals surface area contributed by atoms with E-state index in [4.69, 9.17) is 6.48 Å². The SMILES string of the molecule is [2H]C(C)CC(=O)O. The van der Waals surface area contributed by atoms with E-state index in [0.29, 0.717) is 0 Å². The minimum atomic E-state index is -0.900. The molecule has 0 radical (unpaired) electrons. The zero-order valence-corrected chi connectivity index (χ0v) is 3.64. The Labute approximate surface area is 38.2 Å². The van der Waals surface area contributed by atoms with Crippen LogP contribution in [0.1, 0.15) is 21.1 Å². The fraction of sp³-hybridized carbons (Fsp3) is 0.750. The van der Waals surface area contributed by atoms with Crippen molar-refractivity contribution in [2.75, 3.05) is 0 Å². The number of carboxylic acids is 1. The van der Waals surface area contributed by atoms with Gasteiger partial charge in [0.1, 0.15) is 0 Å². The molecule has 6 heavy (non-hydrogen) atoms. The fourth-order valence-corrected chi connectivity index (χ4v) is 0.175. The molecule has 0 bridgehead atoms. The molecule has 0 aromatic rings. The first kappa shape index (κ1) is 3.65. The zero-order valence-electron chi connectivity index (χ0n) is 4.64. The first-order valence-electron chi connectivity index (χ1n) is 2.34. The van der Waals surface area contributed by atoms with Crippen molar-refractivity contribution >= 4 is 5.97 Å². The Morgan fingerprint density at radius 2 is 2.67 bits per heavy atom. The van der Waals surface area contributed by atoms with Crippen LogP contribution in [0.4, 0.5) is 0 Å². The molecule has 0 fully saturated rings. The first-order valence-corrected chi connectivity index (χ1v) is 1.77. The number of aliphatic carboxylic acids is 1. The van der Waals surface area contributed by atoms with Gasteiger partial charge in [-0.15, -0.1) is 0 Å². The maximum Gasteiger partial charge on any atom is 0.303 e. The highest BCUT2D eigenvalue weighted by Crippen LogP contribution is 1.82. The molecule has 0 aliphatic rings. The van der Waals surface area contributed by atoms with Crippen molar-refractivity contribution < 1.29 is 11.3 Å². The molecule has 0 rings (SSSR count). The second kappa shape index (κ2) is 2.69. The van der Waals surface area contributed by atoms with E-state index < -0.39 is 12.4 Å². The molecular weight excluding hydrogens is 80.0 g/mol. The Balaban J connectivity index is 3.13. The fourth-order valence-electron chi connectivity index (χ4n) is 0.175. The Morgan fingerprint density at radius 3 is 2.67 bits per heavy atom. The molecule has 0 spiro atoms. The molecule has 0 aromatic carbocycles. The van der Waals surface area contributed by atoms with Crippen LogP contribution in [-0.2, 0) is 4.79 Å².